The molecule has 0 radical (unpaired) electrons. The highest BCUT2D eigenvalue weighted by Crippen LogP contribution is 2.51. The summed E-state index contributed by atoms with van der Waals surface area (Å²) in [5.41, 5.74) is 1.36. The molecular formula is C25H34N2O5. The van der Waals surface area contributed by atoms with E-state index in [0.29, 0.717) is 37.1 Å². The minimum atomic E-state index is -0.858. The number of rotatable bonds is 6. The molecule has 2 aliphatic rings. The van der Waals surface area contributed by atoms with Crippen LogP contribution in [0.5, 0.6) is 0 Å². The SMILES string of the molecule is Cc1noc(C)c1CC(=O)N[C@@H]1CC[C@@]2(CCO)C[C@H](c3ccccc3)C[C@](C)(O2)[C@H]1O. The predicted octanol–water partition coefficient (Wildman–Crippen LogP) is 2.95. The number of aliphatic hydroxyl groups excluding tert-OH is 2. The summed E-state index contributed by atoms with van der Waals surface area (Å²) in [5.74, 6) is 0.685. The van der Waals surface area contributed by atoms with E-state index in [2.05, 4.69) is 22.6 Å². The van der Waals surface area contributed by atoms with Crippen molar-refractivity contribution in [2.75, 3.05) is 6.61 Å². The van der Waals surface area contributed by atoms with Crippen LogP contribution in [0, 0.1) is 13.8 Å². The van der Waals surface area contributed by atoms with Crippen molar-refractivity contribution in [3.63, 3.8) is 0 Å². The number of ether oxygens (including phenoxy) is 1. The van der Waals surface area contributed by atoms with Gasteiger partial charge in [-0.3, -0.25) is 4.79 Å². The summed E-state index contributed by atoms with van der Waals surface area (Å²) >= 11 is 0. The molecule has 7 nitrogen and oxygen atoms in total. The quantitative estimate of drug-likeness (QED) is 0.635. The monoisotopic (exact) mass is 442 g/mol. The van der Waals surface area contributed by atoms with E-state index in [-0.39, 0.29) is 24.9 Å². The fourth-order valence-electron chi connectivity index (χ4n) is 5.69. The van der Waals surface area contributed by atoms with Crippen LogP contribution >= 0.6 is 0 Å². The number of nitrogens with one attached hydrogen (secondary N) is 1. The Balaban J connectivity index is 1.56. The van der Waals surface area contributed by atoms with Crippen molar-refractivity contribution in [1.29, 1.82) is 0 Å². The highest BCUT2D eigenvalue weighted by Gasteiger charge is 2.54. The molecule has 174 valence electrons. The maximum absolute atomic E-state index is 12.9. The lowest BCUT2D eigenvalue weighted by Gasteiger charge is -2.50. The molecule has 0 saturated carbocycles. The Kier molecular flexibility index (Phi) is 6.43. The topological polar surface area (TPSA) is 105 Å². The molecular weight excluding hydrogens is 408 g/mol. The van der Waals surface area contributed by atoms with E-state index in [0.717, 1.165) is 12.0 Å². The summed E-state index contributed by atoms with van der Waals surface area (Å²) in [6, 6.07) is 9.87. The summed E-state index contributed by atoms with van der Waals surface area (Å²) in [4.78, 5) is 12.9. The summed E-state index contributed by atoms with van der Waals surface area (Å²) in [6.45, 7) is 5.58. The molecule has 0 aliphatic carbocycles. The van der Waals surface area contributed by atoms with Gasteiger partial charge in [-0.15, -0.1) is 0 Å². The van der Waals surface area contributed by atoms with Gasteiger partial charge in [0.15, 0.2) is 0 Å². The predicted molar refractivity (Wildman–Crippen MR) is 119 cm³/mol. The Bertz CT molecular complexity index is 926. The molecule has 3 heterocycles. The minimum absolute atomic E-state index is 0.0246. The molecule has 32 heavy (non-hydrogen) atoms. The van der Waals surface area contributed by atoms with E-state index >= 15 is 0 Å². The molecule has 7 heteroatoms. The van der Waals surface area contributed by atoms with Crippen LogP contribution in [0.25, 0.3) is 0 Å². The summed E-state index contributed by atoms with van der Waals surface area (Å²) in [5, 5.41) is 28.2. The lowest BCUT2D eigenvalue weighted by atomic mass is 9.73. The van der Waals surface area contributed by atoms with Crippen LogP contribution in [0.15, 0.2) is 34.9 Å². The third-order valence-electron chi connectivity index (χ3n) is 7.34. The average molecular weight is 443 g/mol. The van der Waals surface area contributed by atoms with Gasteiger partial charge in [0.2, 0.25) is 5.91 Å². The number of nitrogens with zero attached hydrogens (tertiary/aromatic N) is 1. The van der Waals surface area contributed by atoms with Gasteiger partial charge in [-0.25, -0.2) is 0 Å². The van der Waals surface area contributed by atoms with Gasteiger partial charge in [-0.05, 0) is 64.4 Å². The lowest BCUT2D eigenvalue weighted by molar-refractivity contribution is -0.223. The molecule has 0 unspecified atom stereocenters. The zero-order chi connectivity index (χ0) is 22.9. The Morgan fingerprint density at radius 3 is 2.66 bits per heavy atom. The first-order chi connectivity index (χ1) is 15.3. The normalized spacial score (nSPS) is 32.3. The third-order valence-corrected chi connectivity index (χ3v) is 7.34. The molecule has 2 aliphatic heterocycles. The van der Waals surface area contributed by atoms with Crippen molar-refractivity contribution in [3.8, 4) is 0 Å². The number of fused-ring (bicyclic) bond motifs is 2. The second kappa shape index (κ2) is 8.96. The molecule has 1 amide bonds. The van der Waals surface area contributed by atoms with Gasteiger partial charge < -0.3 is 24.8 Å². The molecule has 2 aromatic rings. The van der Waals surface area contributed by atoms with Crippen LogP contribution in [-0.2, 0) is 16.0 Å². The minimum Gasteiger partial charge on any atom is -0.396 e. The highest BCUT2D eigenvalue weighted by atomic mass is 16.5. The Labute approximate surface area is 189 Å². The average Bonchev–Trinajstić information content (AvgIpc) is 3.05. The lowest BCUT2D eigenvalue weighted by Crippen LogP contribution is -2.58. The van der Waals surface area contributed by atoms with Gasteiger partial charge in [0, 0.05) is 12.2 Å². The van der Waals surface area contributed by atoms with Gasteiger partial charge in [-0.2, -0.15) is 0 Å². The van der Waals surface area contributed by atoms with Crippen LogP contribution in [0.1, 0.15) is 67.5 Å². The fourth-order valence-corrected chi connectivity index (χ4v) is 5.69. The second-order valence-corrected chi connectivity index (χ2v) is 9.72. The van der Waals surface area contributed by atoms with Gasteiger partial charge in [-0.1, -0.05) is 35.5 Å². The summed E-state index contributed by atoms with van der Waals surface area (Å²) in [6.07, 6.45) is 2.52. The maximum Gasteiger partial charge on any atom is 0.224 e. The molecule has 2 saturated heterocycles. The highest BCUT2D eigenvalue weighted by molar-refractivity contribution is 5.79. The van der Waals surface area contributed by atoms with E-state index in [1.165, 1.54) is 5.56 Å². The van der Waals surface area contributed by atoms with Crippen molar-refractivity contribution < 1.29 is 24.3 Å². The van der Waals surface area contributed by atoms with E-state index in [9.17, 15) is 15.0 Å². The van der Waals surface area contributed by atoms with Crippen LogP contribution in [0.2, 0.25) is 0 Å². The largest absolute Gasteiger partial charge is 0.396 e. The van der Waals surface area contributed by atoms with Crippen LogP contribution < -0.4 is 5.32 Å². The van der Waals surface area contributed by atoms with Crippen LogP contribution in [0.4, 0.5) is 0 Å². The molecule has 2 bridgehead atoms. The number of aliphatic hydroxyl groups is 2. The van der Waals surface area contributed by atoms with Gasteiger partial charge in [0.25, 0.3) is 0 Å². The number of aryl methyl sites for hydroxylation is 2. The number of amides is 1. The standard InChI is InChI=1S/C25H34N2O5/c1-16-20(17(2)31-27-16)13-22(29)26-21-9-10-25(11-12-28)15-19(18-7-5-4-6-8-18)14-24(3,32-25)23(21)30/h4-8,19,21,23,28,30H,9-15H2,1-3H3,(H,26,29)/t19-,21-,23+,24+,25-/m1/s1. The molecule has 5 atom stereocenters. The molecule has 1 aromatic heterocycles. The number of carbonyl (C=O) groups is 1. The fraction of sp³-hybridized carbons (Fsp3) is 0.600. The summed E-state index contributed by atoms with van der Waals surface area (Å²) < 4.78 is 11.8. The third kappa shape index (κ3) is 4.47. The zero-order valence-electron chi connectivity index (χ0n) is 19.1. The van der Waals surface area contributed by atoms with Crippen molar-refractivity contribution in [2.45, 2.75) is 88.6 Å². The van der Waals surface area contributed by atoms with E-state index < -0.39 is 23.3 Å². The number of aromatic nitrogens is 1. The molecule has 4 rings (SSSR count). The molecule has 3 N–H and O–H groups in total. The Morgan fingerprint density at radius 2 is 2.00 bits per heavy atom. The van der Waals surface area contributed by atoms with E-state index in [1.807, 2.05) is 32.0 Å². The smallest absolute Gasteiger partial charge is 0.224 e. The van der Waals surface area contributed by atoms with Gasteiger partial charge in [0.1, 0.15) is 11.9 Å². The zero-order valence-corrected chi connectivity index (χ0v) is 19.1. The first-order valence-corrected chi connectivity index (χ1v) is 11.5. The van der Waals surface area contributed by atoms with Gasteiger partial charge >= 0.3 is 0 Å². The Hall–Kier alpha value is -2.22. The van der Waals surface area contributed by atoms with Gasteiger partial charge in [0.05, 0.1) is 29.4 Å². The molecule has 0 spiro atoms. The van der Waals surface area contributed by atoms with E-state index in [1.54, 1.807) is 6.92 Å². The number of hydrogen-bond donors (Lipinski definition) is 3. The summed E-state index contributed by atoms with van der Waals surface area (Å²) in [7, 11) is 0. The number of hydrogen-bond acceptors (Lipinski definition) is 6. The molecule has 2 fully saturated rings. The first-order valence-electron chi connectivity index (χ1n) is 11.5. The first kappa shape index (κ1) is 23.0. The van der Waals surface area contributed by atoms with Crippen LogP contribution in [0.3, 0.4) is 0 Å². The Morgan fingerprint density at radius 1 is 1.25 bits per heavy atom. The van der Waals surface area contributed by atoms with Crippen molar-refractivity contribution in [1.82, 2.24) is 10.5 Å². The number of carbonyl (C=O) groups excluding carboxylic acids is 1. The van der Waals surface area contributed by atoms with Crippen LogP contribution in [-0.4, -0.2) is 51.2 Å². The van der Waals surface area contributed by atoms with Crippen molar-refractivity contribution in [3.05, 3.63) is 52.9 Å². The maximum atomic E-state index is 12.9. The van der Waals surface area contributed by atoms with Crippen molar-refractivity contribution in [2.24, 2.45) is 0 Å². The van der Waals surface area contributed by atoms with Crippen molar-refractivity contribution >= 4 is 5.91 Å². The molecule has 1 aromatic carbocycles. The van der Waals surface area contributed by atoms with E-state index in [4.69, 9.17) is 9.26 Å². The number of benzene rings is 1. The second-order valence-electron chi connectivity index (χ2n) is 9.72.